The second-order valence-corrected chi connectivity index (χ2v) is 3.35. The highest BCUT2D eigenvalue weighted by molar-refractivity contribution is 5.92. The molecule has 0 radical (unpaired) electrons. The van der Waals surface area contributed by atoms with Crippen LogP contribution in [0.2, 0.25) is 0 Å². The Morgan fingerprint density at radius 1 is 1.50 bits per heavy atom. The van der Waals surface area contributed by atoms with E-state index in [-0.39, 0.29) is 0 Å². The van der Waals surface area contributed by atoms with Crippen molar-refractivity contribution in [1.29, 1.82) is 0 Å². The van der Waals surface area contributed by atoms with Crippen LogP contribution in [0.1, 0.15) is 0 Å². The molecule has 0 aliphatic rings. The maximum atomic E-state index is 11.2. The van der Waals surface area contributed by atoms with E-state index in [1.165, 1.54) is 13.5 Å². The van der Waals surface area contributed by atoms with Gasteiger partial charge >= 0.3 is 6.03 Å². The van der Waals surface area contributed by atoms with E-state index in [9.17, 15) is 4.79 Å². The van der Waals surface area contributed by atoms with Gasteiger partial charge in [0.05, 0.1) is 24.6 Å². The van der Waals surface area contributed by atoms with Gasteiger partial charge in [-0.3, -0.25) is 5.43 Å². The SMILES string of the molecule is COc1c(NC(=O)NN)cccc1-c1cnco1. The van der Waals surface area contributed by atoms with Crippen LogP contribution >= 0.6 is 0 Å². The molecule has 7 heteroatoms. The van der Waals surface area contributed by atoms with Gasteiger partial charge in [0.1, 0.15) is 0 Å². The van der Waals surface area contributed by atoms with Gasteiger partial charge in [-0.05, 0) is 12.1 Å². The molecule has 1 heterocycles. The number of carbonyl (C=O) groups excluding carboxylic acids is 1. The zero-order valence-corrected chi connectivity index (χ0v) is 9.64. The molecule has 2 aromatic rings. The zero-order valence-electron chi connectivity index (χ0n) is 9.64. The van der Waals surface area contributed by atoms with Crippen molar-refractivity contribution in [3.63, 3.8) is 0 Å². The molecule has 0 aliphatic carbocycles. The Balaban J connectivity index is 2.43. The van der Waals surface area contributed by atoms with E-state index in [1.807, 2.05) is 5.43 Å². The average Bonchev–Trinajstić information content (AvgIpc) is 2.92. The van der Waals surface area contributed by atoms with Crippen LogP contribution in [-0.2, 0) is 0 Å². The topological polar surface area (TPSA) is 102 Å². The van der Waals surface area contributed by atoms with Crippen LogP contribution in [0.25, 0.3) is 11.3 Å². The van der Waals surface area contributed by atoms with Crippen LogP contribution in [0.5, 0.6) is 5.75 Å². The number of nitrogens with zero attached hydrogens (tertiary/aromatic N) is 1. The summed E-state index contributed by atoms with van der Waals surface area (Å²) in [5.74, 6) is 6.03. The van der Waals surface area contributed by atoms with Gasteiger partial charge in [0.2, 0.25) is 0 Å². The summed E-state index contributed by atoms with van der Waals surface area (Å²) in [7, 11) is 1.50. The largest absolute Gasteiger partial charge is 0.494 e. The number of nitrogens with one attached hydrogen (secondary N) is 2. The molecule has 4 N–H and O–H groups in total. The summed E-state index contributed by atoms with van der Waals surface area (Å²) < 4.78 is 10.5. The number of methoxy groups -OCH3 is 1. The second-order valence-electron chi connectivity index (χ2n) is 3.35. The van der Waals surface area contributed by atoms with E-state index in [0.29, 0.717) is 22.8 Å². The van der Waals surface area contributed by atoms with Crippen molar-refractivity contribution < 1.29 is 13.9 Å². The molecule has 0 aliphatic heterocycles. The van der Waals surface area contributed by atoms with E-state index >= 15 is 0 Å². The van der Waals surface area contributed by atoms with Crippen molar-refractivity contribution in [2.45, 2.75) is 0 Å². The third-order valence-corrected chi connectivity index (χ3v) is 2.30. The monoisotopic (exact) mass is 248 g/mol. The number of oxazole rings is 1. The molecule has 7 nitrogen and oxygen atoms in total. The molecular weight excluding hydrogens is 236 g/mol. The minimum Gasteiger partial charge on any atom is -0.494 e. The number of hydrogen-bond acceptors (Lipinski definition) is 5. The number of urea groups is 1. The number of benzene rings is 1. The molecule has 18 heavy (non-hydrogen) atoms. The Morgan fingerprint density at radius 3 is 2.94 bits per heavy atom. The second kappa shape index (κ2) is 5.19. The lowest BCUT2D eigenvalue weighted by Crippen LogP contribution is -2.34. The molecule has 0 unspecified atom stereocenters. The summed E-state index contributed by atoms with van der Waals surface area (Å²) in [6.45, 7) is 0. The Morgan fingerprint density at radius 2 is 2.33 bits per heavy atom. The molecule has 2 rings (SSSR count). The molecule has 1 aromatic carbocycles. The summed E-state index contributed by atoms with van der Waals surface area (Å²) >= 11 is 0. The van der Waals surface area contributed by atoms with E-state index in [0.717, 1.165) is 0 Å². The highest BCUT2D eigenvalue weighted by Crippen LogP contribution is 2.36. The van der Waals surface area contributed by atoms with Crippen molar-refractivity contribution in [1.82, 2.24) is 10.4 Å². The van der Waals surface area contributed by atoms with Gasteiger partial charge in [-0.25, -0.2) is 15.6 Å². The summed E-state index contributed by atoms with van der Waals surface area (Å²) in [6, 6.07) is 4.70. The molecule has 0 bridgehead atoms. The number of rotatable bonds is 3. The Kier molecular flexibility index (Phi) is 3.44. The molecule has 0 saturated carbocycles. The Bertz CT molecular complexity index is 539. The first kappa shape index (κ1) is 11.9. The molecule has 0 atom stereocenters. The number of carbonyl (C=O) groups is 1. The van der Waals surface area contributed by atoms with Crippen LogP contribution in [0.15, 0.2) is 35.2 Å². The van der Waals surface area contributed by atoms with E-state index < -0.39 is 6.03 Å². The number of amides is 2. The smallest absolute Gasteiger partial charge is 0.333 e. The first-order chi connectivity index (χ1) is 8.76. The van der Waals surface area contributed by atoms with Gasteiger partial charge in [0, 0.05) is 0 Å². The predicted molar refractivity (Wildman–Crippen MR) is 64.8 cm³/mol. The Labute approximate surface area is 103 Å². The Hall–Kier alpha value is -2.54. The van der Waals surface area contributed by atoms with E-state index in [2.05, 4.69) is 10.3 Å². The molecule has 0 spiro atoms. The highest BCUT2D eigenvalue weighted by Gasteiger charge is 2.14. The third-order valence-electron chi connectivity index (χ3n) is 2.30. The molecule has 2 amide bonds. The molecule has 94 valence electrons. The van der Waals surface area contributed by atoms with E-state index in [1.54, 1.807) is 24.4 Å². The fraction of sp³-hybridized carbons (Fsp3) is 0.0909. The number of aromatic nitrogens is 1. The minimum absolute atomic E-state index is 0.470. The first-order valence-electron chi connectivity index (χ1n) is 5.09. The van der Waals surface area contributed by atoms with Crippen molar-refractivity contribution >= 4 is 11.7 Å². The quantitative estimate of drug-likeness (QED) is 0.432. The van der Waals surface area contributed by atoms with Gasteiger partial charge in [0.25, 0.3) is 0 Å². The number of ether oxygens (including phenoxy) is 1. The van der Waals surface area contributed by atoms with Crippen LogP contribution < -0.4 is 21.3 Å². The van der Waals surface area contributed by atoms with Crippen LogP contribution in [0.4, 0.5) is 10.5 Å². The lowest BCUT2D eigenvalue weighted by molar-refractivity contribution is 0.252. The summed E-state index contributed by atoms with van der Waals surface area (Å²) in [5, 5.41) is 2.55. The van der Waals surface area contributed by atoms with Crippen molar-refractivity contribution in [3.8, 4) is 17.1 Å². The minimum atomic E-state index is -0.539. The predicted octanol–water partition coefficient (Wildman–Crippen LogP) is 1.35. The van der Waals surface area contributed by atoms with Crippen molar-refractivity contribution in [2.75, 3.05) is 12.4 Å². The van der Waals surface area contributed by atoms with Crippen LogP contribution in [0, 0.1) is 0 Å². The maximum Gasteiger partial charge on any atom is 0.333 e. The van der Waals surface area contributed by atoms with E-state index in [4.69, 9.17) is 15.0 Å². The molecule has 0 saturated heterocycles. The summed E-state index contributed by atoms with van der Waals surface area (Å²) in [5.41, 5.74) is 3.14. The number of nitrogens with two attached hydrogens (primary N) is 1. The van der Waals surface area contributed by atoms with Crippen molar-refractivity contribution in [3.05, 3.63) is 30.8 Å². The number of para-hydroxylation sites is 1. The first-order valence-corrected chi connectivity index (χ1v) is 5.09. The normalized spacial score (nSPS) is 9.89. The fourth-order valence-electron chi connectivity index (χ4n) is 1.56. The van der Waals surface area contributed by atoms with Crippen LogP contribution in [-0.4, -0.2) is 18.1 Å². The van der Waals surface area contributed by atoms with Gasteiger partial charge in [-0.1, -0.05) is 6.07 Å². The standard InChI is InChI=1S/C11H12N4O3/c1-17-10-7(9-5-13-6-18-9)3-2-4-8(10)14-11(16)15-12/h2-6H,12H2,1H3,(H2,14,15,16). The maximum absolute atomic E-state index is 11.2. The number of hydrazine groups is 1. The summed E-state index contributed by atoms with van der Waals surface area (Å²) in [4.78, 5) is 15.0. The molecule has 0 fully saturated rings. The van der Waals surface area contributed by atoms with Gasteiger partial charge < -0.3 is 14.5 Å². The third kappa shape index (κ3) is 2.25. The molecular formula is C11H12N4O3. The number of hydrogen-bond donors (Lipinski definition) is 3. The van der Waals surface area contributed by atoms with Crippen LogP contribution in [0.3, 0.4) is 0 Å². The fourth-order valence-corrected chi connectivity index (χ4v) is 1.56. The molecule has 1 aromatic heterocycles. The zero-order chi connectivity index (χ0) is 13.0. The lowest BCUT2D eigenvalue weighted by Gasteiger charge is -2.12. The van der Waals surface area contributed by atoms with Gasteiger partial charge in [-0.2, -0.15) is 0 Å². The summed E-state index contributed by atoms with van der Waals surface area (Å²) in [6.07, 6.45) is 2.88. The van der Waals surface area contributed by atoms with Crippen molar-refractivity contribution in [2.24, 2.45) is 5.84 Å². The average molecular weight is 248 g/mol. The highest BCUT2D eigenvalue weighted by atomic mass is 16.5. The van der Waals surface area contributed by atoms with Gasteiger partial charge in [-0.15, -0.1) is 0 Å². The lowest BCUT2D eigenvalue weighted by atomic mass is 10.1. The number of anilines is 1. The van der Waals surface area contributed by atoms with Gasteiger partial charge in [0.15, 0.2) is 17.9 Å².